The highest BCUT2D eigenvalue weighted by Gasteiger charge is 2.13. The Balaban J connectivity index is 1.96. The molecule has 0 heterocycles. The Bertz CT molecular complexity index is 621. The molecule has 0 saturated heterocycles. The molecule has 0 saturated carbocycles. The van der Waals surface area contributed by atoms with Gasteiger partial charge in [-0.1, -0.05) is 18.2 Å². The third kappa shape index (κ3) is 4.51. The van der Waals surface area contributed by atoms with E-state index in [0.29, 0.717) is 6.54 Å². The molecule has 0 aromatic heterocycles. The van der Waals surface area contributed by atoms with Gasteiger partial charge in [0.25, 0.3) is 0 Å². The van der Waals surface area contributed by atoms with E-state index in [1.807, 2.05) is 49.4 Å². The highest BCUT2D eigenvalue weighted by atomic mass is 16.2. The Hall–Kier alpha value is -2.49. The molecule has 2 aromatic rings. The zero-order valence-corrected chi connectivity index (χ0v) is 14.8. The standard InChI is InChI=1S/C20H27N3O/c1-4-22(5-2)18-14-12-17(13-15-18)21-16-20(24)23(6-3)19-10-8-7-9-11-19/h7-15,21H,4-6,16H2,1-3H3. The third-order valence-corrected chi connectivity index (χ3v) is 4.12. The largest absolute Gasteiger partial charge is 0.376 e. The second-order valence-electron chi connectivity index (χ2n) is 5.55. The van der Waals surface area contributed by atoms with Crippen LogP contribution in [0.5, 0.6) is 0 Å². The highest BCUT2D eigenvalue weighted by molar-refractivity contribution is 5.96. The van der Waals surface area contributed by atoms with Crippen LogP contribution in [-0.2, 0) is 4.79 Å². The number of amides is 1. The number of carbonyl (C=O) groups excluding carboxylic acids is 1. The Morgan fingerprint density at radius 2 is 1.46 bits per heavy atom. The van der Waals surface area contributed by atoms with Crippen LogP contribution >= 0.6 is 0 Å². The maximum Gasteiger partial charge on any atom is 0.246 e. The van der Waals surface area contributed by atoms with Gasteiger partial charge in [0, 0.05) is 36.7 Å². The first kappa shape index (κ1) is 17.9. The lowest BCUT2D eigenvalue weighted by molar-refractivity contribution is -0.116. The van der Waals surface area contributed by atoms with E-state index in [1.54, 1.807) is 4.90 Å². The number of rotatable bonds is 8. The number of hydrogen-bond acceptors (Lipinski definition) is 3. The lowest BCUT2D eigenvalue weighted by atomic mass is 10.2. The van der Waals surface area contributed by atoms with Crippen molar-refractivity contribution >= 4 is 23.0 Å². The second-order valence-corrected chi connectivity index (χ2v) is 5.55. The van der Waals surface area contributed by atoms with Crippen molar-refractivity contribution in [3.8, 4) is 0 Å². The van der Waals surface area contributed by atoms with Gasteiger partial charge in [0.15, 0.2) is 0 Å². The van der Waals surface area contributed by atoms with E-state index in [9.17, 15) is 4.79 Å². The summed E-state index contributed by atoms with van der Waals surface area (Å²) in [6.45, 7) is 9.21. The molecule has 1 amide bonds. The summed E-state index contributed by atoms with van der Waals surface area (Å²) in [6, 6.07) is 18.0. The van der Waals surface area contributed by atoms with E-state index < -0.39 is 0 Å². The number of carbonyl (C=O) groups is 1. The minimum atomic E-state index is 0.0662. The first-order valence-corrected chi connectivity index (χ1v) is 8.63. The number of nitrogens with one attached hydrogen (secondary N) is 1. The molecular weight excluding hydrogens is 298 g/mol. The smallest absolute Gasteiger partial charge is 0.246 e. The van der Waals surface area contributed by atoms with Gasteiger partial charge in [-0.05, 0) is 57.2 Å². The summed E-state index contributed by atoms with van der Waals surface area (Å²) in [5.74, 6) is 0.0662. The summed E-state index contributed by atoms with van der Waals surface area (Å²) in [5, 5.41) is 3.22. The maximum atomic E-state index is 12.5. The molecule has 0 unspecified atom stereocenters. The van der Waals surface area contributed by atoms with E-state index in [0.717, 1.165) is 24.5 Å². The van der Waals surface area contributed by atoms with Crippen molar-refractivity contribution in [1.82, 2.24) is 0 Å². The van der Waals surface area contributed by atoms with Crippen LogP contribution in [0.2, 0.25) is 0 Å². The van der Waals surface area contributed by atoms with Gasteiger partial charge >= 0.3 is 0 Å². The predicted octanol–water partition coefficient (Wildman–Crippen LogP) is 4.00. The Labute approximate surface area is 145 Å². The minimum Gasteiger partial charge on any atom is -0.376 e. The highest BCUT2D eigenvalue weighted by Crippen LogP contribution is 2.18. The summed E-state index contributed by atoms with van der Waals surface area (Å²) in [4.78, 5) is 16.6. The molecule has 0 atom stereocenters. The van der Waals surface area contributed by atoms with E-state index >= 15 is 0 Å². The van der Waals surface area contributed by atoms with Gasteiger partial charge in [-0.2, -0.15) is 0 Å². The van der Waals surface area contributed by atoms with Gasteiger partial charge in [-0.3, -0.25) is 4.79 Å². The van der Waals surface area contributed by atoms with Crippen molar-refractivity contribution < 1.29 is 4.79 Å². The lowest BCUT2D eigenvalue weighted by Gasteiger charge is -2.22. The molecule has 2 rings (SSSR count). The number of hydrogen-bond donors (Lipinski definition) is 1. The van der Waals surface area contributed by atoms with Crippen LogP contribution in [0.25, 0.3) is 0 Å². The average Bonchev–Trinajstić information content (AvgIpc) is 2.63. The summed E-state index contributed by atoms with van der Waals surface area (Å²) >= 11 is 0. The molecular formula is C20H27N3O. The van der Waals surface area contributed by atoms with Crippen LogP contribution in [0.15, 0.2) is 54.6 Å². The number of nitrogens with zero attached hydrogens (tertiary/aromatic N) is 2. The number of anilines is 3. The van der Waals surface area contributed by atoms with Crippen molar-refractivity contribution in [1.29, 1.82) is 0 Å². The Morgan fingerprint density at radius 1 is 0.833 bits per heavy atom. The quantitative estimate of drug-likeness (QED) is 0.797. The van der Waals surface area contributed by atoms with Crippen LogP contribution < -0.4 is 15.1 Å². The van der Waals surface area contributed by atoms with E-state index in [1.165, 1.54) is 5.69 Å². The van der Waals surface area contributed by atoms with Crippen molar-refractivity contribution in [2.24, 2.45) is 0 Å². The number of likely N-dealkylation sites (N-methyl/N-ethyl adjacent to an activating group) is 1. The zero-order valence-electron chi connectivity index (χ0n) is 14.8. The second kappa shape index (κ2) is 8.96. The zero-order chi connectivity index (χ0) is 17.4. The van der Waals surface area contributed by atoms with Crippen molar-refractivity contribution in [2.45, 2.75) is 20.8 Å². The Morgan fingerprint density at radius 3 is 2.00 bits per heavy atom. The molecule has 0 aliphatic heterocycles. The van der Waals surface area contributed by atoms with Crippen LogP contribution in [0, 0.1) is 0 Å². The molecule has 2 aromatic carbocycles. The van der Waals surface area contributed by atoms with E-state index in [-0.39, 0.29) is 12.5 Å². The van der Waals surface area contributed by atoms with Gasteiger partial charge < -0.3 is 15.1 Å². The number of benzene rings is 2. The van der Waals surface area contributed by atoms with E-state index in [4.69, 9.17) is 0 Å². The molecule has 0 aliphatic carbocycles. The summed E-state index contributed by atoms with van der Waals surface area (Å²) in [5.41, 5.74) is 3.10. The van der Waals surface area contributed by atoms with Gasteiger partial charge in [-0.25, -0.2) is 0 Å². The van der Waals surface area contributed by atoms with Crippen LogP contribution in [0.4, 0.5) is 17.1 Å². The van der Waals surface area contributed by atoms with E-state index in [2.05, 4.69) is 36.2 Å². The molecule has 0 aliphatic rings. The van der Waals surface area contributed by atoms with Gasteiger partial charge in [0.1, 0.15) is 0 Å². The molecule has 0 bridgehead atoms. The van der Waals surface area contributed by atoms with Crippen molar-refractivity contribution in [3.05, 3.63) is 54.6 Å². The third-order valence-electron chi connectivity index (χ3n) is 4.12. The molecule has 0 fully saturated rings. The van der Waals surface area contributed by atoms with Gasteiger partial charge in [0.2, 0.25) is 5.91 Å². The van der Waals surface area contributed by atoms with Crippen LogP contribution in [0.1, 0.15) is 20.8 Å². The lowest BCUT2D eigenvalue weighted by Crippen LogP contribution is -2.35. The first-order valence-electron chi connectivity index (χ1n) is 8.63. The fourth-order valence-electron chi connectivity index (χ4n) is 2.76. The predicted molar refractivity (Wildman–Crippen MR) is 103 cm³/mol. The number of para-hydroxylation sites is 1. The monoisotopic (exact) mass is 325 g/mol. The first-order chi connectivity index (χ1) is 11.7. The molecule has 0 radical (unpaired) electrons. The molecule has 128 valence electrons. The normalized spacial score (nSPS) is 10.3. The molecule has 24 heavy (non-hydrogen) atoms. The average molecular weight is 325 g/mol. The van der Waals surface area contributed by atoms with Crippen molar-refractivity contribution in [2.75, 3.05) is 41.3 Å². The molecule has 1 N–H and O–H groups in total. The molecule has 0 spiro atoms. The summed E-state index contributed by atoms with van der Waals surface area (Å²) in [6.07, 6.45) is 0. The maximum absolute atomic E-state index is 12.5. The van der Waals surface area contributed by atoms with Crippen molar-refractivity contribution in [3.63, 3.8) is 0 Å². The Kier molecular flexibility index (Phi) is 6.67. The topological polar surface area (TPSA) is 35.6 Å². The van der Waals surface area contributed by atoms with Gasteiger partial charge in [-0.15, -0.1) is 0 Å². The summed E-state index contributed by atoms with van der Waals surface area (Å²) in [7, 11) is 0. The van der Waals surface area contributed by atoms with Crippen LogP contribution in [-0.4, -0.2) is 32.1 Å². The molecule has 4 nitrogen and oxygen atoms in total. The van der Waals surface area contributed by atoms with Gasteiger partial charge in [0.05, 0.1) is 6.54 Å². The fourth-order valence-corrected chi connectivity index (χ4v) is 2.76. The minimum absolute atomic E-state index is 0.0662. The molecule has 4 heteroatoms. The van der Waals surface area contributed by atoms with Crippen LogP contribution in [0.3, 0.4) is 0 Å². The SMILES string of the molecule is CCN(CC)c1ccc(NCC(=O)N(CC)c2ccccc2)cc1. The fraction of sp³-hybridized carbons (Fsp3) is 0.350. The summed E-state index contributed by atoms with van der Waals surface area (Å²) < 4.78 is 0.